The quantitative estimate of drug-likeness (QED) is 0.279. The Hall–Kier alpha value is -1.32. The summed E-state index contributed by atoms with van der Waals surface area (Å²) in [6.07, 6.45) is 11.6. The maximum Gasteiger partial charge on any atom is 0.305 e. The fourth-order valence-electron chi connectivity index (χ4n) is 1.91. The number of carboxylic acid groups (broad SMARTS) is 1. The second-order valence-corrected chi connectivity index (χ2v) is 5.00. The third-order valence-corrected chi connectivity index (χ3v) is 3.08. The zero-order valence-corrected chi connectivity index (χ0v) is 12.4. The Morgan fingerprint density at radius 1 is 0.900 bits per heavy atom. The van der Waals surface area contributed by atoms with Crippen LogP contribution in [0.15, 0.2) is 12.7 Å². The first-order valence-electron chi connectivity index (χ1n) is 7.63. The minimum atomic E-state index is -1.12. The topological polar surface area (TPSA) is 66.4 Å². The SMILES string of the molecule is C=CCCCCCCCCCOC(=O)CCCC(=O)[O-]. The summed E-state index contributed by atoms with van der Waals surface area (Å²) in [4.78, 5) is 21.4. The average molecular weight is 283 g/mol. The monoisotopic (exact) mass is 283 g/mol. The molecule has 0 aliphatic rings. The molecule has 0 unspecified atom stereocenters. The Bertz CT molecular complexity index is 274. The molecular weight excluding hydrogens is 256 g/mol. The maximum atomic E-state index is 11.2. The summed E-state index contributed by atoms with van der Waals surface area (Å²) in [7, 11) is 0. The van der Waals surface area contributed by atoms with Gasteiger partial charge < -0.3 is 14.6 Å². The molecule has 0 rings (SSSR count). The third kappa shape index (κ3) is 14.7. The molecule has 0 aromatic heterocycles. The molecule has 0 N–H and O–H groups in total. The van der Waals surface area contributed by atoms with E-state index in [1.54, 1.807) is 0 Å². The molecule has 0 bridgehead atoms. The van der Waals surface area contributed by atoms with Crippen molar-refractivity contribution in [2.24, 2.45) is 0 Å². The molecule has 4 heteroatoms. The van der Waals surface area contributed by atoms with E-state index in [0.717, 1.165) is 19.3 Å². The highest BCUT2D eigenvalue weighted by molar-refractivity contribution is 5.70. The van der Waals surface area contributed by atoms with Gasteiger partial charge in [0, 0.05) is 12.4 Å². The minimum absolute atomic E-state index is 0.0824. The van der Waals surface area contributed by atoms with Gasteiger partial charge in [0.25, 0.3) is 0 Å². The number of esters is 1. The first-order chi connectivity index (χ1) is 9.66. The highest BCUT2D eigenvalue weighted by Gasteiger charge is 2.02. The van der Waals surface area contributed by atoms with Crippen LogP contribution >= 0.6 is 0 Å². The van der Waals surface area contributed by atoms with Gasteiger partial charge >= 0.3 is 5.97 Å². The molecule has 0 atom stereocenters. The second-order valence-electron chi connectivity index (χ2n) is 5.00. The van der Waals surface area contributed by atoms with Crippen molar-refractivity contribution >= 4 is 11.9 Å². The van der Waals surface area contributed by atoms with Gasteiger partial charge in [-0.05, 0) is 32.1 Å². The number of unbranched alkanes of at least 4 members (excludes halogenated alkanes) is 7. The van der Waals surface area contributed by atoms with Crippen molar-refractivity contribution in [3.05, 3.63) is 12.7 Å². The van der Waals surface area contributed by atoms with Crippen LogP contribution in [-0.4, -0.2) is 18.5 Å². The van der Waals surface area contributed by atoms with Gasteiger partial charge in [-0.2, -0.15) is 0 Å². The van der Waals surface area contributed by atoms with Crippen LogP contribution < -0.4 is 5.11 Å². The lowest BCUT2D eigenvalue weighted by Crippen LogP contribution is -2.22. The van der Waals surface area contributed by atoms with Crippen LogP contribution in [0.5, 0.6) is 0 Å². The molecule has 116 valence electrons. The molecule has 0 spiro atoms. The summed E-state index contributed by atoms with van der Waals surface area (Å²) in [6, 6.07) is 0. The molecule has 0 fully saturated rings. The lowest BCUT2D eigenvalue weighted by Gasteiger charge is -2.05. The summed E-state index contributed by atoms with van der Waals surface area (Å²) >= 11 is 0. The zero-order chi connectivity index (χ0) is 15.1. The number of allylic oxidation sites excluding steroid dienone is 1. The minimum Gasteiger partial charge on any atom is -0.550 e. The fraction of sp³-hybridized carbons (Fsp3) is 0.750. The van der Waals surface area contributed by atoms with Gasteiger partial charge in [-0.3, -0.25) is 4.79 Å². The Labute approximate surface area is 122 Å². The highest BCUT2D eigenvalue weighted by Crippen LogP contribution is 2.09. The standard InChI is InChI=1S/C16H28O4/c1-2-3-4-5-6-7-8-9-10-14-20-16(19)13-11-12-15(17)18/h2H,1,3-14H2,(H,17,18)/p-1. The summed E-state index contributed by atoms with van der Waals surface area (Å²) in [5.74, 6) is -1.43. The van der Waals surface area contributed by atoms with Gasteiger partial charge in [-0.15, -0.1) is 6.58 Å². The maximum absolute atomic E-state index is 11.2. The van der Waals surface area contributed by atoms with Gasteiger partial charge in [0.15, 0.2) is 0 Å². The Balaban J connectivity index is 3.17. The lowest BCUT2D eigenvalue weighted by atomic mass is 10.1. The molecule has 0 aliphatic heterocycles. The van der Waals surface area contributed by atoms with Gasteiger partial charge in [0.1, 0.15) is 0 Å². The van der Waals surface area contributed by atoms with Crippen LogP contribution in [0, 0.1) is 0 Å². The molecule has 0 aromatic rings. The summed E-state index contributed by atoms with van der Waals surface area (Å²) in [5, 5.41) is 10.2. The Morgan fingerprint density at radius 2 is 1.50 bits per heavy atom. The molecule has 0 radical (unpaired) electrons. The lowest BCUT2D eigenvalue weighted by molar-refractivity contribution is -0.305. The zero-order valence-electron chi connectivity index (χ0n) is 12.4. The molecule has 20 heavy (non-hydrogen) atoms. The number of carbonyl (C=O) groups excluding carboxylic acids is 2. The van der Waals surface area contributed by atoms with Crippen LogP contribution in [0.3, 0.4) is 0 Å². The molecule has 0 heterocycles. The normalized spacial score (nSPS) is 10.2. The van der Waals surface area contributed by atoms with Crippen molar-refractivity contribution in [3.63, 3.8) is 0 Å². The van der Waals surface area contributed by atoms with Crippen LogP contribution in [0.2, 0.25) is 0 Å². The van der Waals surface area contributed by atoms with E-state index in [0.29, 0.717) is 13.0 Å². The van der Waals surface area contributed by atoms with E-state index in [1.807, 2.05) is 6.08 Å². The van der Waals surface area contributed by atoms with Gasteiger partial charge in [0.2, 0.25) is 0 Å². The predicted octanol–water partition coefficient (Wildman–Crippen LogP) is 2.76. The van der Waals surface area contributed by atoms with E-state index in [9.17, 15) is 14.7 Å². The largest absolute Gasteiger partial charge is 0.550 e. The van der Waals surface area contributed by atoms with E-state index in [4.69, 9.17) is 4.74 Å². The van der Waals surface area contributed by atoms with Crippen LogP contribution in [0.1, 0.15) is 70.6 Å². The highest BCUT2D eigenvalue weighted by atomic mass is 16.5. The van der Waals surface area contributed by atoms with Crippen molar-refractivity contribution in [2.45, 2.75) is 70.6 Å². The van der Waals surface area contributed by atoms with E-state index in [1.165, 1.54) is 32.1 Å². The first-order valence-corrected chi connectivity index (χ1v) is 7.63. The number of carboxylic acids is 1. The van der Waals surface area contributed by atoms with Crippen LogP contribution in [-0.2, 0) is 14.3 Å². The Morgan fingerprint density at radius 3 is 2.10 bits per heavy atom. The number of carbonyl (C=O) groups is 2. The van der Waals surface area contributed by atoms with Crippen molar-refractivity contribution in [1.82, 2.24) is 0 Å². The first kappa shape index (κ1) is 18.7. The fourth-order valence-corrected chi connectivity index (χ4v) is 1.91. The number of rotatable bonds is 14. The van der Waals surface area contributed by atoms with Crippen LogP contribution in [0.25, 0.3) is 0 Å². The van der Waals surface area contributed by atoms with Gasteiger partial charge in [0.05, 0.1) is 6.61 Å². The second kappa shape index (κ2) is 14.1. The van der Waals surface area contributed by atoms with E-state index >= 15 is 0 Å². The number of hydrogen-bond acceptors (Lipinski definition) is 4. The molecule has 0 saturated carbocycles. The van der Waals surface area contributed by atoms with Gasteiger partial charge in [-0.25, -0.2) is 0 Å². The Kier molecular flexibility index (Phi) is 13.2. The average Bonchev–Trinajstić information content (AvgIpc) is 2.40. The van der Waals surface area contributed by atoms with Crippen molar-refractivity contribution in [1.29, 1.82) is 0 Å². The molecule has 0 saturated heterocycles. The van der Waals surface area contributed by atoms with E-state index in [-0.39, 0.29) is 18.8 Å². The van der Waals surface area contributed by atoms with E-state index in [2.05, 4.69) is 6.58 Å². The smallest absolute Gasteiger partial charge is 0.305 e. The molecule has 0 amide bonds. The molecule has 0 aromatic carbocycles. The van der Waals surface area contributed by atoms with Crippen molar-refractivity contribution in [2.75, 3.05) is 6.61 Å². The molecule has 0 aliphatic carbocycles. The van der Waals surface area contributed by atoms with E-state index < -0.39 is 5.97 Å². The predicted molar refractivity (Wildman–Crippen MR) is 77.0 cm³/mol. The summed E-state index contributed by atoms with van der Waals surface area (Å²) in [6.45, 7) is 4.14. The number of ether oxygens (including phenoxy) is 1. The summed E-state index contributed by atoms with van der Waals surface area (Å²) < 4.78 is 5.02. The number of hydrogen-bond donors (Lipinski definition) is 0. The molecular formula is C16H27O4-. The molecule has 4 nitrogen and oxygen atoms in total. The van der Waals surface area contributed by atoms with Gasteiger partial charge in [-0.1, -0.05) is 38.2 Å². The van der Waals surface area contributed by atoms with Crippen molar-refractivity contribution < 1.29 is 19.4 Å². The van der Waals surface area contributed by atoms with Crippen molar-refractivity contribution in [3.8, 4) is 0 Å². The third-order valence-electron chi connectivity index (χ3n) is 3.08. The number of aliphatic carboxylic acids is 1. The van der Waals surface area contributed by atoms with Crippen LogP contribution in [0.4, 0.5) is 0 Å². The summed E-state index contributed by atoms with van der Waals surface area (Å²) in [5.41, 5.74) is 0.